The SMILES string of the molecule is CCN(c1cccc2ccccc12)C(C)O. The monoisotopic (exact) mass is 215 g/mol. The Balaban J connectivity index is 2.59. The van der Waals surface area contributed by atoms with Crippen LogP contribution in [0.3, 0.4) is 0 Å². The van der Waals surface area contributed by atoms with Gasteiger partial charge in [-0.1, -0.05) is 36.4 Å². The fraction of sp³-hybridized carbons (Fsp3) is 0.286. The maximum Gasteiger partial charge on any atom is 0.124 e. The van der Waals surface area contributed by atoms with Crippen molar-refractivity contribution in [2.24, 2.45) is 0 Å². The normalized spacial score (nSPS) is 12.7. The molecule has 2 heteroatoms. The van der Waals surface area contributed by atoms with Crippen molar-refractivity contribution >= 4 is 16.5 Å². The van der Waals surface area contributed by atoms with E-state index < -0.39 is 6.23 Å². The molecule has 0 aliphatic carbocycles. The molecule has 1 atom stereocenters. The van der Waals surface area contributed by atoms with E-state index in [4.69, 9.17) is 0 Å². The summed E-state index contributed by atoms with van der Waals surface area (Å²) in [6.07, 6.45) is -0.462. The molecule has 2 rings (SSSR count). The molecule has 0 fully saturated rings. The highest BCUT2D eigenvalue weighted by Gasteiger charge is 2.11. The molecule has 0 spiro atoms. The number of aliphatic hydroxyl groups is 1. The average Bonchev–Trinajstić information content (AvgIpc) is 2.30. The summed E-state index contributed by atoms with van der Waals surface area (Å²) in [5.74, 6) is 0. The second kappa shape index (κ2) is 4.54. The van der Waals surface area contributed by atoms with Crippen LogP contribution < -0.4 is 4.90 Å². The summed E-state index contributed by atoms with van der Waals surface area (Å²) in [7, 11) is 0. The number of rotatable bonds is 3. The molecule has 0 aromatic heterocycles. The third-order valence-electron chi connectivity index (χ3n) is 2.87. The smallest absolute Gasteiger partial charge is 0.124 e. The Morgan fingerprint density at radius 1 is 1.12 bits per heavy atom. The van der Waals surface area contributed by atoms with Crippen LogP contribution in [0.15, 0.2) is 42.5 Å². The van der Waals surface area contributed by atoms with Gasteiger partial charge in [-0.15, -0.1) is 0 Å². The third kappa shape index (κ3) is 1.89. The van der Waals surface area contributed by atoms with Crippen LogP contribution in [0.2, 0.25) is 0 Å². The van der Waals surface area contributed by atoms with Gasteiger partial charge < -0.3 is 10.0 Å². The van der Waals surface area contributed by atoms with Gasteiger partial charge in [0.25, 0.3) is 0 Å². The van der Waals surface area contributed by atoms with Gasteiger partial charge in [0.1, 0.15) is 6.23 Å². The summed E-state index contributed by atoms with van der Waals surface area (Å²) in [4.78, 5) is 1.99. The molecule has 0 amide bonds. The van der Waals surface area contributed by atoms with Gasteiger partial charge in [0, 0.05) is 17.6 Å². The van der Waals surface area contributed by atoms with Crippen LogP contribution in [0.4, 0.5) is 5.69 Å². The van der Waals surface area contributed by atoms with Crippen molar-refractivity contribution in [1.29, 1.82) is 0 Å². The van der Waals surface area contributed by atoms with Crippen molar-refractivity contribution in [1.82, 2.24) is 0 Å². The first-order chi connectivity index (χ1) is 7.74. The molecule has 0 aliphatic rings. The Kier molecular flexibility index (Phi) is 3.11. The van der Waals surface area contributed by atoms with Crippen LogP contribution in [0.1, 0.15) is 13.8 Å². The lowest BCUT2D eigenvalue weighted by molar-refractivity contribution is 0.190. The van der Waals surface area contributed by atoms with Gasteiger partial charge in [-0.05, 0) is 25.3 Å². The fourth-order valence-electron chi connectivity index (χ4n) is 2.09. The highest BCUT2D eigenvalue weighted by molar-refractivity contribution is 5.94. The summed E-state index contributed by atoms with van der Waals surface area (Å²) < 4.78 is 0. The quantitative estimate of drug-likeness (QED) is 0.796. The predicted molar refractivity (Wildman–Crippen MR) is 68.6 cm³/mol. The Labute approximate surface area is 96.1 Å². The lowest BCUT2D eigenvalue weighted by atomic mass is 10.1. The highest BCUT2D eigenvalue weighted by atomic mass is 16.3. The number of anilines is 1. The lowest BCUT2D eigenvalue weighted by Gasteiger charge is -2.27. The number of hydrogen-bond acceptors (Lipinski definition) is 2. The zero-order valence-electron chi connectivity index (χ0n) is 9.72. The van der Waals surface area contributed by atoms with E-state index in [-0.39, 0.29) is 0 Å². The first-order valence-electron chi connectivity index (χ1n) is 5.66. The minimum Gasteiger partial charge on any atom is -0.374 e. The number of nitrogens with zero attached hydrogens (tertiary/aromatic N) is 1. The van der Waals surface area contributed by atoms with Gasteiger partial charge in [0.2, 0.25) is 0 Å². The number of hydrogen-bond donors (Lipinski definition) is 1. The van der Waals surface area contributed by atoms with E-state index in [1.165, 1.54) is 10.8 Å². The van der Waals surface area contributed by atoms with Gasteiger partial charge in [-0.25, -0.2) is 0 Å². The Morgan fingerprint density at radius 3 is 2.50 bits per heavy atom. The topological polar surface area (TPSA) is 23.5 Å². The molecule has 0 bridgehead atoms. The predicted octanol–water partition coefficient (Wildman–Crippen LogP) is 3.00. The molecular formula is C14H17NO. The van der Waals surface area contributed by atoms with Crippen molar-refractivity contribution in [3.05, 3.63) is 42.5 Å². The summed E-state index contributed by atoms with van der Waals surface area (Å²) >= 11 is 0. The molecule has 0 saturated carbocycles. The Bertz CT molecular complexity index is 474. The van der Waals surface area contributed by atoms with Gasteiger partial charge in [-0.2, -0.15) is 0 Å². The number of benzene rings is 2. The van der Waals surface area contributed by atoms with Crippen molar-refractivity contribution in [3.8, 4) is 0 Å². The summed E-state index contributed by atoms with van der Waals surface area (Å²) in [5.41, 5.74) is 1.09. The third-order valence-corrected chi connectivity index (χ3v) is 2.87. The molecule has 0 aliphatic heterocycles. The van der Waals surface area contributed by atoms with Gasteiger partial charge in [0.05, 0.1) is 0 Å². The molecular weight excluding hydrogens is 198 g/mol. The van der Waals surface area contributed by atoms with Crippen molar-refractivity contribution < 1.29 is 5.11 Å². The van der Waals surface area contributed by atoms with Gasteiger partial charge in [0.15, 0.2) is 0 Å². The minimum absolute atomic E-state index is 0.462. The molecule has 1 unspecified atom stereocenters. The Hall–Kier alpha value is -1.54. The molecule has 0 radical (unpaired) electrons. The molecule has 1 N–H and O–H groups in total. The van der Waals surface area contributed by atoms with E-state index in [1.807, 2.05) is 23.1 Å². The number of fused-ring (bicyclic) bond motifs is 1. The fourth-order valence-corrected chi connectivity index (χ4v) is 2.09. The maximum atomic E-state index is 9.75. The van der Waals surface area contributed by atoms with Crippen molar-refractivity contribution in [2.45, 2.75) is 20.1 Å². The highest BCUT2D eigenvalue weighted by Crippen LogP contribution is 2.27. The second-order valence-electron chi connectivity index (χ2n) is 3.92. The molecule has 0 heterocycles. The van der Waals surface area contributed by atoms with Gasteiger partial charge in [-0.3, -0.25) is 0 Å². The van der Waals surface area contributed by atoms with E-state index in [1.54, 1.807) is 6.92 Å². The molecule has 2 aromatic carbocycles. The first-order valence-corrected chi connectivity index (χ1v) is 5.66. The zero-order chi connectivity index (χ0) is 11.5. The summed E-state index contributed by atoms with van der Waals surface area (Å²) in [5, 5.41) is 12.1. The van der Waals surface area contributed by atoms with Crippen LogP contribution in [0, 0.1) is 0 Å². The molecule has 84 valence electrons. The standard InChI is InChI=1S/C14H17NO/c1-3-15(11(2)16)14-10-6-8-12-7-4-5-9-13(12)14/h4-11,16H,3H2,1-2H3. The van der Waals surface area contributed by atoms with Crippen LogP contribution >= 0.6 is 0 Å². The Morgan fingerprint density at radius 2 is 1.81 bits per heavy atom. The minimum atomic E-state index is -0.462. The van der Waals surface area contributed by atoms with Crippen LogP contribution in [0.5, 0.6) is 0 Å². The largest absolute Gasteiger partial charge is 0.374 e. The van der Waals surface area contributed by atoms with E-state index >= 15 is 0 Å². The average molecular weight is 215 g/mol. The molecule has 0 saturated heterocycles. The van der Waals surface area contributed by atoms with Crippen LogP contribution in [-0.4, -0.2) is 17.9 Å². The van der Waals surface area contributed by atoms with E-state index in [9.17, 15) is 5.11 Å². The maximum absolute atomic E-state index is 9.75. The zero-order valence-corrected chi connectivity index (χ0v) is 9.72. The van der Waals surface area contributed by atoms with E-state index in [0.29, 0.717) is 0 Å². The second-order valence-corrected chi connectivity index (χ2v) is 3.92. The lowest BCUT2D eigenvalue weighted by Crippen LogP contribution is -2.32. The first kappa shape index (κ1) is 11.0. The summed E-state index contributed by atoms with van der Waals surface area (Å²) in [6.45, 7) is 4.64. The molecule has 16 heavy (non-hydrogen) atoms. The van der Waals surface area contributed by atoms with Crippen molar-refractivity contribution in [2.75, 3.05) is 11.4 Å². The van der Waals surface area contributed by atoms with Crippen molar-refractivity contribution in [3.63, 3.8) is 0 Å². The van der Waals surface area contributed by atoms with Crippen LogP contribution in [-0.2, 0) is 0 Å². The van der Waals surface area contributed by atoms with Crippen LogP contribution in [0.25, 0.3) is 10.8 Å². The molecule has 2 nitrogen and oxygen atoms in total. The summed E-state index contributed by atoms with van der Waals surface area (Å²) in [6, 6.07) is 14.4. The van der Waals surface area contributed by atoms with Gasteiger partial charge >= 0.3 is 0 Å². The van der Waals surface area contributed by atoms with E-state index in [0.717, 1.165) is 12.2 Å². The number of aliphatic hydroxyl groups excluding tert-OH is 1. The molecule has 2 aromatic rings. The van der Waals surface area contributed by atoms with E-state index in [2.05, 4.69) is 31.2 Å².